The molecule has 7 nitrogen and oxygen atoms in total. The molecule has 25 heavy (non-hydrogen) atoms. The van der Waals surface area contributed by atoms with Crippen molar-refractivity contribution in [2.24, 2.45) is 0 Å². The Morgan fingerprint density at radius 1 is 1.24 bits per heavy atom. The lowest BCUT2D eigenvalue weighted by molar-refractivity contribution is 0.0692. The van der Waals surface area contributed by atoms with Crippen molar-refractivity contribution in [3.8, 4) is 0 Å². The number of carboxylic acid groups (broad SMARTS) is 1. The van der Waals surface area contributed by atoms with Crippen LogP contribution < -0.4 is 4.72 Å². The van der Waals surface area contributed by atoms with Gasteiger partial charge >= 0.3 is 5.97 Å². The minimum atomic E-state index is -3.88. The van der Waals surface area contributed by atoms with E-state index >= 15 is 0 Å². The fourth-order valence-electron chi connectivity index (χ4n) is 3.15. The number of carboxylic acids is 1. The van der Waals surface area contributed by atoms with Crippen molar-refractivity contribution in [2.45, 2.75) is 43.0 Å². The van der Waals surface area contributed by atoms with E-state index < -0.39 is 16.0 Å². The fourth-order valence-corrected chi connectivity index (χ4v) is 4.38. The molecule has 3 rings (SSSR count). The second kappa shape index (κ2) is 7.37. The first-order chi connectivity index (χ1) is 12.0. The number of carbonyl (C=O) groups is 1. The number of sulfonamides is 1. The highest BCUT2D eigenvalue weighted by atomic mass is 32.2. The molecule has 0 saturated heterocycles. The van der Waals surface area contributed by atoms with E-state index in [9.17, 15) is 13.2 Å². The summed E-state index contributed by atoms with van der Waals surface area (Å²) in [6, 6.07) is 7.92. The quantitative estimate of drug-likeness (QED) is 0.785. The molecular weight excluding hydrogens is 342 g/mol. The highest BCUT2D eigenvalue weighted by Gasteiger charge is 2.21. The Hall–Kier alpha value is -2.19. The number of nitrogens with zero attached hydrogens (tertiary/aromatic N) is 2. The molecule has 8 heteroatoms. The van der Waals surface area contributed by atoms with Gasteiger partial charge in [0.15, 0.2) is 0 Å². The third-order valence-corrected chi connectivity index (χ3v) is 5.96. The number of aromatic carboxylic acids is 1. The van der Waals surface area contributed by atoms with E-state index in [0.29, 0.717) is 12.5 Å². The zero-order valence-electron chi connectivity index (χ0n) is 13.8. The van der Waals surface area contributed by atoms with Gasteiger partial charge in [0.05, 0.1) is 22.2 Å². The molecule has 0 atom stereocenters. The molecule has 0 aliphatic heterocycles. The van der Waals surface area contributed by atoms with E-state index in [1.165, 1.54) is 37.1 Å². The topological polar surface area (TPSA) is 101 Å². The molecule has 134 valence electrons. The summed E-state index contributed by atoms with van der Waals surface area (Å²) in [6.07, 6.45) is 7.12. The highest BCUT2D eigenvalue weighted by Crippen LogP contribution is 2.28. The summed E-state index contributed by atoms with van der Waals surface area (Å²) in [6.45, 7) is 0.165. The van der Waals surface area contributed by atoms with E-state index in [2.05, 4.69) is 9.82 Å². The standard InChI is InChI=1S/C17H21N3O4S/c21-17(22)15-7-3-4-8-16(15)25(23,24)18-11-9-13-10-12-20(19-13)14-5-1-2-6-14/h3-4,7-8,10,12,14,18H,1-2,5-6,9,11H2,(H,21,22). The summed E-state index contributed by atoms with van der Waals surface area (Å²) in [7, 11) is -3.88. The molecule has 1 heterocycles. The normalized spacial score (nSPS) is 15.5. The van der Waals surface area contributed by atoms with E-state index in [-0.39, 0.29) is 17.0 Å². The maximum Gasteiger partial charge on any atom is 0.337 e. The molecule has 0 amide bonds. The van der Waals surface area contributed by atoms with Gasteiger partial charge in [0.1, 0.15) is 0 Å². The van der Waals surface area contributed by atoms with Crippen LogP contribution in [0.2, 0.25) is 0 Å². The van der Waals surface area contributed by atoms with E-state index in [1.54, 1.807) is 0 Å². The first kappa shape index (κ1) is 17.6. The van der Waals surface area contributed by atoms with Crippen LogP contribution in [0.3, 0.4) is 0 Å². The Labute approximate surface area is 146 Å². The van der Waals surface area contributed by atoms with Crippen LogP contribution in [0.5, 0.6) is 0 Å². The third kappa shape index (κ3) is 4.08. The van der Waals surface area contributed by atoms with Gasteiger partial charge in [0.2, 0.25) is 10.0 Å². The average Bonchev–Trinajstić information content (AvgIpc) is 3.26. The van der Waals surface area contributed by atoms with Crippen molar-refractivity contribution in [3.63, 3.8) is 0 Å². The van der Waals surface area contributed by atoms with Crippen molar-refractivity contribution in [2.75, 3.05) is 6.54 Å². The van der Waals surface area contributed by atoms with Crippen molar-refractivity contribution in [1.82, 2.24) is 14.5 Å². The monoisotopic (exact) mass is 363 g/mol. The largest absolute Gasteiger partial charge is 0.478 e. The molecular formula is C17H21N3O4S. The molecule has 0 radical (unpaired) electrons. The van der Waals surface area contributed by atoms with Crippen LogP contribution in [0, 0.1) is 0 Å². The minimum Gasteiger partial charge on any atom is -0.478 e. The van der Waals surface area contributed by atoms with Gasteiger partial charge in [-0.25, -0.2) is 17.9 Å². The van der Waals surface area contributed by atoms with Gasteiger partial charge in [-0.3, -0.25) is 4.68 Å². The van der Waals surface area contributed by atoms with Crippen LogP contribution in [-0.4, -0.2) is 35.8 Å². The molecule has 0 bridgehead atoms. The zero-order chi connectivity index (χ0) is 17.9. The summed E-state index contributed by atoms with van der Waals surface area (Å²) in [5.74, 6) is -1.27. The van der Waals surface area contributed by atoms with Crippen molar-refractivity contribution in [1.29, 1.82) is 0 Å². The molecule has 1 aromatic heterocycles. The van der Waals surface area contributed by atoms with Crippen LogP contribution >= 0.6 is 0 Å². The Morgan fingerprint density at radius 2 is 1.96 bits per heavy atom. The summed E-state index contributed by atoms with van der Waals surface area (Å²) in [5, 5.41) is 13.7. The predicted molar refractivity (Wildman–Crippen MR) is 92.0 cm³/mol. The van der Waals surface area contributed by atoms with Gasteiger partial charge in [-0.2, -0.15) is 5.10 Å². The molecule has 1 saturated carbocycles. The number of aromatic nitrogens is 2. The Kier molecular flexibility index (Phi) is 5.19. The van der Waals surface area contributed by atoms with Crippen molar-refractivity contribution >= 4 is 16.0 Å². The van der Waals surface area contributed by atoms with Gasteiger partial charge in [0.25, 0.3) is 0 Å². The number of nitrogens with one attached hydrogen (secondary N) is 1. The number of rotatable bonds is 7. The fraction of sp³-hybridized carbons (Fsp3) is 0.412. The second-order valence-electron chi connectivity index (χ2n) is 6.17. The molecule has 1 aliphatic carbocycles. The zero-order valence-corrected chi connectivity index (χ0v) is 14.6. The minimum absolute atomic E-state index is 0.165. The molecule has 2 aromatic rings. The SMILES string of the molecule is O=C(O)c1ccccc1S(=O)(=O)NCCc1ccn(C2CCCC2)n1. The first-order valence-electron chi connectivity index (χ1n) is 8.33. The van der Waals surface area contributed by atoms with Crippen molar-refractivity contribution in [3.05, 3.63) is 47.8 Å². The first-order valence-corrected chi connectivity index (χ1v) is 9.82. The van der Waals surface area contributed by atoms with Gasteiger partial charge < -0.3 is 5.11 Å². The van der Waals surface area contributed by atoms with Crippen LogP contribution in [0.15, 0.2) is 41.4 Å². The summed E-state index contributed by atoms with van der Waals surface area (Å²) < 4.78 is 29.2. The highest BCUT2D eigenvalue weighted by molar-refractivity contribution is 7.89. The van der Waals surface area contributed by atoms with Crippen LogP contribution in [0.1, 0.15) is 47.8 Å². The lowest BCUT2D eigenvalue weighted by Gasteiger charge is -2.09. The van der Waals surface area contributed by atoms with Crippen LogP contribution in [-0.2, 0) is 16.4 Å². The molecule has 1 fully saturated rings. The maximum atomic E-state index is 12.4. The van der Waals surface area contributed by atoms with Gasteiger partial charge in [0, 0.05) is 19.2 Å². The predicted octanol–water partition coefficient (Wildman–Crippen LogP) is 2.22. The molecule has 0 spiro atoms. The summed E-state index contributed by atoms with van der Waals surface area (Å²) in [4.78, 5) is 11.0. The number of hydrogen-bond acceptors (Lipinski definition) is 4. The van der Waals surface area contributed by atoms with E-state index in [1.807, 2.05) is 16.9 Å². The third-order valence-electron chi connectivity index (χ3n) is 4.44. The lowest BCUT2D eigenvalue weighted by Crippen LogP contribution is -2.27. The van der Waals surface area contributed by atoms with E-state index in [4.69, 9.17) is 5.11 Å². The smallest absolute Gasteiger partial charge is 0.337 e. The van der Waals surface area contributed by atoms with Crippen molar-refractivity contribution < 1.29 is 18.3 Å². The molecule has 2 N–H and O–H groups in total. The van der Waals surface area contributed by atoms with E-state index in [0.717, 1.165) is 18.5 Å². The Balaban J connectivity index is 1.62. The molecule has 1 aromatic carbocycles. The second-order valence-corrected chi connectivity index (χ2v) is 7.91. The maximum absolute atomic E-state index is 12.4. The molecule has 0 unspecified atom stereocenters. The van der Waals surface area contributed by atoms with Gasteiger partial charge in [-0.05, 0) is 31.0 Å². The summed E-state index contributed by atoms with van der Waals surface area (Å²) in [5.41, 5.74) is 0.585. The van der Waals surface area contributed by atoms with Crippen LogP contribution in [0.4, 0.5) is 0 Å². The number of benzene rings is 1. The average molecular weight is 363 g/mol. The Morgan fingerprint density at radius 3 is 2.68 bits per heavy atom. The van der Waals surface area contributed by atoms with Crippen LogP contribution in [0.25, 0.3) is 0 Å². The number of hydrogen-bond donors (Lipinski definition) is 2. The van der Waals surface area contributed by atoms with Gasteiger partial charge in [-0.1, -0.05) is 25.0 Å². The summed E-state index contributed by atoms with van der Waals surface area (Å²) >= 11 is 0. The lowest BCUT2D eigenvalue weighted by atomic mass is 10.2. The Bertz CT molecular complexity index is 854. The van der Waals surface area contributed by atoms with Gasteiger partial charge in [-0.15, -0.1) is 0 Å². The molecule has 1 aliphatic rings.